The molecule has 122 valence electrons. The predicted molar refractivity (Wildman–Crippen MR) is 89.0 cm³/mol. The van der Waals surface area contributed by atoms with E-state index in [2.05, 4.69) is 11.9 Å². The maximum Gasteiger partial charge on any atom is 0.255 e. The van der Waals surface area contributed by atoms with E-state index in [1.807, 2.05) is 47.6 Å². The molecule has 3 heterocycles. The molecule has 23 heavy (non-hydrogen) atoms. The average Bonchev–Trinajstić information content (AvgIpc) is 2.89. The van der Waals surface area contributed by atoms with Crippen LogP contribution in [0.2, 0.25) is 0 Å². The van der Waals surface area contributed by atoms with E-state index >= 15 is 0 Å². The Labute approximate surface area is 136 Å². The minimum absolute atomic E-state index is 0.0852. The van der Waals surface area contributed by atoms with Crippen LogP contribution >= 0.6 is 0 Å². The first-order valence-corrected chi connectivity index (χ1v) is 8.13. The second-order valence-electron chi connectivity index (χ2n) is 5.96. The first kappa shape index (κ1) is 15.7. The number of ether oxygens (including phenoxy) is 1. The number of hydrogen-bond acceptors (Lipinski definition) is 3. The van der Waals surface area contributed by atoms with E-state index in [0.29, 0.717) is 19.7 Å². The molecule has 0 bridgehead atoms. The Morgan fingerprint density at radius 3 is 2.91 bits per heavy atom. The van der Waals surface area contributed by atoms with Crippen LogP contribution < -0.4 is 0 Å². The lowest BCUT2D eigenvalue weighted by atomic mass is 10.1. The molecule has 3 rings (SSSR count). The smallest absolute Gasteiger partial charge is 0.255 e. The SMILES string of the molecule is CC[C@H]1CN(C(=O)c2cc(C)n(-c3ccccn3)c2C)CCO1. The highest BCUT2D eigenvalue weighted by Crippen LogP contribution is 2.22. The van der Waals surface area contributed by atoms with Crippen LogP contribution in [0.1, 0.15) is 35.1 Å². The molecule has 0 N–H and O–H groups in total. The Bertz CT molecular complexity index is 694. The summed E-state index contributed by atoms with van der Waals surface area (Å²) in [6.45, 7) is 8.01. The van der Waals surface area contributed by atoms with E-state index in [1.165, 1.54) is 0 Å². The van der Waals surface area contributed by atoms with E-state index in [4.69, 9.17) is 4.74 Å². The molecule has 1 amide bonds. The molecule has 0 saturated carbocycles. The molecule has 2 aromatic rings. The molecule has 5 nitrogen and oxygen atoms in total. The van der Waals surface area contributed by atoms with Crippen molar-refractivity contribution in [1.82, 2.24) is 14.5 Å². The van der Waals surface area contributed by atoms with Crippen molar-refractivity contribution in [3.63, 3.8) is 0 Å². The lowest BCUT2D eigenvalue weighted by molar-refractivity contribution is -0.0226. The number of pyridine rings is 1. The molecule has 0 aliphatic carbocycles. The number of aryl methyl sites for hydroxylation is 1. The second kappa shape index (κ2) is 6.54. The normalized spacial score (nSPS) is 18.2. The largest absolute Gasteiger partial charge is 0.375 e. The Balaban J connectivity index is 1.90. The molecule has 2 aromatic heterocycles. The number of nitrogens with zero attached hydrogens (tertiary/aromatic N) is 3. The minimum atomic E-state index is 0.0852. The van der Waals surface area contributed by atoms with E-state index < -0.39 is 0 Å². The van der Waals surface area contributed by atoms with Gasteiger partial charge < -0.3 is 14.2 Å². The zero-order valence-electron chi connectivity index (χ0n) is 14.0. The van der Waals surface area contributed by atoms with Crippen molar-refractivity contribution in [2.24, 2.45) is 0 Å². The van der Waals surface area contributed by atoms with Gasteiger partial charge in [0.15, 0.2) is 0 Å². The summed E-state index contributed by atoms with van der Waals surface area (Å²) in [5.41, 5.74) is 2.71. The molecule has 0 aromatic carbocycles. The Hall–Kier alpha value is -2.14. The standard InChI is InChI=1S/C18H23N3O2/c1-4-15-12-20(9-10-23-15)18(22)16-11-13(2)21(14(16)3)17-7-5-6-8-19-17/h5-8,11,15H,4,9-10,12H2,1-3H3/t15-/m0/s1. The van der Waals surface area contributed by atoms with Crippen molar-refractivity contribution in [2.45, 2.75) is 33.3 Å². The molecule has 1 atom stereocenters. The number of rotatable bonds is 3. The molecule has 1 fully saturated rings. The van der Waals surface area contributed by atoms with Crippen molar-refractivity contribution >= 4 is 5.91 Å². The Kier molecular flexibility index (Phi) is 4.48. The summed E-state index contributed by atoms with van der Waals surface area (Å²) in [4.78, 5) is 19.2. The van der Waals surface area contributed by atoms with E-state index in [9.17, 15) is 4.79 Å². The van der Waals surface area contributed by atoms with Gasteiger partial charge in [0, 0.05) is 30.7 Å². The van der Waals surface area contributed by atoms with Gasteiger partial charge in [-0.1, -0.05) is 13.0 Å². The highest BCUT2D eigenvalue weighted by molar-refractivity contribution is 5.96. The van der Waals surface area contributed by atoms with Crippen LogP contribution in [-0.4, -0.2) is 46.2 Å². The van der Waals surface area contributed by atoms with E-state index in [0.717, 1.165) is 29.2 Å². The van der Waals surface area contributed by atoms with Crippen LogP contribution in [0.15, 0.2) is 30.5 Å². The molecule has 0 unspecified atom stereocenters. The number of aromatic nitrogens is 2. The minimum Gasteiger partial charge on any atom is -0.375 e. The molecular formula is C18H23N3O2. The highest BCUT2D eigenvalue weighted by Gasteiger charge is 2.26. The highest BCUT2D eigenvalue weighted by atomic mass is 16.5. The fourth-order valence-electron chi connectivity index (χ4n) is 3.14. The van der Waals surface area contributed by atoms with E-state index in [1.54, 1.807) is 6.20 Å². The molecule has 1 aliphatic heterocycles. The lowest BCUT2D eigenvalue weighted by Crippen LogP contribution is -2.45. The zero-order valence-corrected chi connectivity index (χ0v) is 14.0. The number of hydrogen-bond donors (Lipinski definition) is 0. The maximum atomic E-state index is 12.9. The summed E-state index contributed by atoms with van der Waals surface area (Å²) in [6.07, 6.45) is 2.84. The first-order valence-electron chi connectivity index (χ1n) is 8.13. The predicted octanol–water partition coefficient (Wildman–Crippen LogP) is 2.74. The molecule has 1 aliphatic rings. The summed E-state index contributed by atoms with van der Waals surface area (Å²) in [6, 6.07) is 7.76. The summed E-state index contributed by atoms with van der Waals surface area (Å²) >= 11 is 0. The maximum absolute atomic E-state index is 12.9. The number of morpholine rings is 1. The number of amides is 1. The molecule has 0 spiro atoms. The summed E-state index contributed by atoms with van der Waals surface area (Å²) < 4.78 is 7.70. The Morgan fingerprint density at radius 1 is 1.39 bits per heavy atom. The van der Waals surface area contributed by atoms with Crippen LogP contribution in [0.4, 0.5) is 0 Å². The number of carbonyl (C=O) groups is 1. The monoisotopic (exact) mass is 313 g/mol. The van der Waals surface area contributed by atoms with Gasteiger partial charge in [0.1, 0.15) is 5.82 Å². The van der Waals surface area contributed by atoms with Crippen molar-refractivity contribution in [1.29, 1.82) is 0 Å². The molecule has 1 saturated heterocycles. The quantitative estimate of drug-likeness (QED) is 0.875. The molecular weight excluding hydrogens is 290 g/mol. The third kappa shape index (κ3) is 3.01. The summed E-state index contributed by atoms with van der Waals surface area (Å²) in [5.74, 6) is 0.928. The van der Waals surface area contributed by atoms with Crippen LogP contribution in [0, 0.1) is 13.8 Å². The van der Waals surface area contributed by atoms with Gasteiger partial charge in [-0.15, -0.1) is 0 Å². The van der Waals surface area contributed by atoms with Crippen molar-refractivity contribution < 1.29 is 9.53 Å². The van der Waals surface area contributed by atoms with Gasteiger partial charge in [0.05, 0.1) is 18.3 Å². The van der Waals surface area contributed by atoms with Crippen LogP contribution in [0.25, 0.3) is 5.82 Å². The van der Waals surface area contributed by atoms with Gasteiger partial charge in [-0.2, -0.15) is 0 Å². The number of carbonyl (C=O) groups excluding carboxylic acids is 1. The van der Waals surface area contributed by atoms with E-state index in [-0.39, 0.29) is 12.0 Å². The van der Waals surface area contributed by atoms with Gasteiger partial charge >= 0.3 is 0 Å². The van der Waals surface area contributed by atoms with Crippen molar-refractivity contribution in [3.05, 3.63) is 47.4 Å². The average molecular weight is 313 g/mol. The van der Waals surface area contributed by atoms with Gasteiger partial charge in [0.25, 0.3) is 5.91 Å². The van der Waals surface area contributed by atoms with Crippen LogP contribution in [-0.2, 0) is 4.74 Å². The van der Waals surface area contributed by atoms with Crippen LogP contribution in [0.3, 0.4) is 0 Å². The fraction of sp³-hybridized carbons (Fsp3) is 0.444. The molecule has 0 radical (unpaired) electrons. The first-order chi connectivity index (χ1) is 11.1. The van der Waals surface area contributed by atoms with Gasteiger partial charge in [-0.05, 0) is 38.5 Å². The Morgan fingerprint density at radius 2 is 2.22 bits per heavy atom. The van der Waals surface area contributed by atoms with Gasteiger partial charge in [-0.3, -0.25) is 4.79 Å². The van der Waals surface area contributed by atoms with Crippen molar-refractivity contribution in [2.75, 3.05) is 19.7 Å². The van der Waals surface area contributed by atoms with Gasteiger partial charge in [-0.25, -0.2) is 4.98 Å². The topological polar surface area (TPSA) is 47.4 Å². The zero-order chi connectivity index (χ0) is 16.4. The summed E-state index contributed by atoms with van der Waals surface area (Å²) in [7, 11) is 0. The summed E-state index contributed by atoms with van der Waals surface area (Å²) in [5, 5.41) is 0. The third-order valence-electron chi connectivity index (χ3n) is 4.42. The fourth-order valence-corrected chi connectivity index (χ4v) is 3.14. The van der Waals surface area contributed by atoms with Crippen molar-refractivity contribution in [3.8, 4) is 5.82 Å². The molecule has 5 heteroatoms. The van der Waals surface area contributed by atoms with Gasteiger partial charge in [0.2, 0.25) is 0 Å². The second-order valence-corrected chi connectivity index (χ2v) is 5.96. The van der Waals surface area contributed by atoms with Crippen LogP contribution in [0.5, 0.6) is 0 Å². The third-order valence-corrected chi connectivity index (χ3v) is 4.42. The lowest BCUT2D eigenvalue weighted by Gasteiger charge is -2.32.